The molecule has 37 heavy (non-hydrogen) atoms. The Kier molecular flexibility index (Phi) is 6.02. The molecule has 9 nitrogen and oxygen atoms in total. The fourth-order valence-electron chi connectivity index (χ4n) is 9.25. The van der Waals surface area contributed by atoms with Crippen LogP contribution in [0.2, 0.25) is 0 Å². The second kappa shape index (κ2) is 8.79. The molecule has 2 aromatic heterocycles. The minimum Gasteiger partial charge on any atom is -0.387 e. The van der Waals surface area contributed by atoms with E-state index in [4.69, 9.17) is 16.2 Å². The highest BCUT2D eigenvalue weighted by molar-refractivity contribution is 5.82. The van der Waals surface area contributed by atoms with Crippen molar-refractivity contribution in [3.8, 4) is 0 Å². The van der Waals surface area contributed by atoms with E-state index in [1.165, 1.54) is 4.80 Å². The van der Waals surface area contributed by atoms with E-state index < -0.39 is 11.1 Å². The average Bonchev–Trinajstić information content (AvgIpc) is 3.40. The number of carbonyl (C=O) groups excluding carboxylic acids is 1. The number of nitrogens with zero attached hydrogens (tertiary/aromatic N) is 4. The third-order valence-electron chi connectivity index (χ3n) is 11.2. The van der Waals surface area contributed by atoms with Crippen molar-refractivity contribution in [1.82, 2.24) is 20.0 Å². The van der Waals surface area contributed by atoms with Crippen LogP contribution in [0.4, 0.5) is 0 Å². The minimum atomic E-state index is -0.740. The van der Waals surface area contributed by atoms with E-state index in [1.807, 2.05) is 13.0 Å². The molecule has 5 N–H and O–H groups in total. The SMILES string of the molecule is CCOC[C@@]1(O)CC[C@H]2[C@@H](CCC3[C@]2(N)CC[C@]2(C)[C@@H](C(=O)Cn4nc5ccncc5n4)CC[C@@]32N)C1. The van der Waals surface area contributed by atoms with Gasteiger partial charge in [-0.3, -0.25) is 9.78 Å². The predicted molar refractivity (Wildman–Crippen MR) is 139 cm³/mol. The number of aromatic nitrogens is 4. The lowest BCUT2D eigenvalue weighted by molar-refractivity contribution is -0.147. The second-order valence-corrected chi connectivity index (χ2v) is 12.8. The van der Waals surface area contributed by atoms with Crippen LogP contribution >= 0.6 is 0 Å². The first-order valence-corrected chi connectivity index (χ1v) is 14.2. The topological polar surface area (TPSA) is 142 Å². The Bertz CT molecular complexity index is 1150. The van der Waals surface area contributed by atoms with Gasteiger partial charge >= 0.3 is 0 Å². The number of pyridine rings is 1. The van der Waals surface area contributed by atoms with Crippen molar-refractivity contribution in [2.45, 2.75) is 94.9 Å². The number of Topliss-reactive ketones (excluding diaryl/α,β-unsaturated/α-hetero) is 1. The zero-order chi connectivity index (χ0) is 26.1. The number of aliphatic hydroxyl groups is 1. The zero-order valence-corrected chi connectivity index (χ0v) is 22.2. The Morgan fingerprint density at radius 1 is 1.14 bits per heavy atom. The molecule has 4 fully saturated rings. The Balaban J connectivity index is 1.21. The molecule has 6 rings (SSSR count). The number of hydrogen-bond donors (Lipinski definition) is 3. The van der Waals surface area contributed by atoms with Crippen LogP contribution in [0.1, 0.15) is 71.6 Å². The molecule has 0 saturated heterocycles. The van der Waals surface area contributed by atoms with E-state index in [1.54, 1.807) is 12.4 Å². The van der Waals surface area contributed by atoms with E-state index in [9.17, 15) is 9.90 Å². The molecule has 4 saturated carbocycles. The molecule has 202 valence electrons. The number of fused-ring (bicyclic) bond motifs is 6. The van der Waals surface area contributed by atoms with Crippen molar-refractivity contribution in [3.63, 3.8) is 0 Å². The maximum atomic E-state index is 13.7. The van der Waals surface area contributed by atoms with Gasteiger partial charge in [0.15, 0.2) is 5.78 Å². The lowest BCUT2D eigenvalue weighted by Gasteiger charge is -2.65. The van der Waals surface area contributed by atoms with Crippen LogP contribution in [0.15, 0.2) is 18.5 Å². The monoisotopic (exact) mass is 510 g/mol. The number of carbonyl (C=O) groups is 1. The summed E-state index contributed by atoms with van der Waals surface area (Å²) in [5, 5.41) is 20.1. The summed E-state index contributed by atoms with van der Waals surface area (Å²) in [5.74, 6) is 1.01. The molecule has 0 aliphatic heterocycles. The minimum absolute atomic E-state index is 0.116. The van der Waals surface area contributed by atoms with Crippen molar-refractivity contribution in [3.05, 3.63) is 18.5 Å². The largest absolute Gasteiger partial charge is 0.387 e. The van der Waals surface area contributed by atoms with Crippen molar-refractivity contribution >= 4 is 16.8 Å². The van der Waals surface area contributed by atoms with E-state index in [-0.39, 0.29) is 35.1 Å². The highest BCUT2D eigenvalue weighted by Gasteiger charge is 2.69. The number of ketones is 1. The van der Waals surface area contributed by atoms with Gasteiger partial charge in [0.2, 0.25) is 0 Å². The lowest BCUT2D eigenvalue weighted by atomic mass is 9.43. The van der Waals surface area contributed by atoms with E-state index in [0.29, 0.717) is 30.6 Å². The molecule has 0 aromatic carbocycles. The zero-order valence-electron chi connectivity index (χ0n) is 22.2. The van der Waals surface area contributed by atoms with Crippen molar-refractivity contribution in [2.75, 3.05) is 13.2 Å². The van der Waals surface area contributed by atoms with Gasteiger partial charge in [0.05, 0.1) is 18.4 Å². The number of ether oxygens (including phenoxy) is 1. The number of nitrogens with two attached hydrogens (primary N) is 2. The Hall–Kier alpha value is -1.94. The van der Waals surface area contributed by atoms with E-state index in [2.05, 4.69) is 22.1 Å². The fraction of sp³-hybridized carbons (Fsp3) is 0.786. The normalized spacial score (nSPS) is 43.3. The summed E-state index contributed by atoms with van der Waals surface area (Å²) in [4.78, 5) is 19.3. The highest BCUT2D eigenvalue weighted by atomic mass is 16.5. The molecular weight excluding hydrogens is 468 g/mol. The molecule has 2 aromatic rings. The van der Waals surface area contributed by atoms with Gasteiger partial charge < -0.3 is 21.3 Å². The molecule has 0 amide bonds. The quantitative estimate of drug-likeness (QED) is 0.538. The fourth-order valence-corrected chi connectivity index (χ4v) is 9.25. The number of rotatable bonds is 6. The second-order valence-electron chi connectivity index (χ2n) is 12.8. The molecule has 4 aliphatic rings. The maximum Gasteiger partial charge on any atom is 0.159 e. The van der Waals surface area contributed by atoms with Gasteiger partial charge in [-0.1, -0.05) is 6.92 Å². The summed E-state index contributed by atoms with van der Waals surface area (Å²) in [6.07, 6.45) is 11.1. The molecule has 8 atom stereocenters. The van der Waals surface area contributed by atoms with Gasteiger partial charge in [-0.2, -0.15) is 15.0 Å². The van der Waals surface area contributed by atoms with Crippen LogP contribution in [0.3, 0.4) is 0 Å². The lowest BCUT2D eigenvalue weighted by Crippen LogP contribution is -2.75. The third kappa shape index (κ3) is 3.79. The first kappa shape index (κ1) is 25.3. The molecule has 0 radical (unpaired) electrons. The standard InChI is InChI=1S/C28H42N6O3/c1-3-37-17-26(36)9-6-19-18(14-26)4-5-24-27(19,29)12-11-25(2)20(7-10-28(24,25)30)23(35)16-34-32-21-8-13-31-15-22(21)33-34/h8,13,15,18-20,24,36H,3-7,9-12,14,16-17,29-30H2,1-2H3/t18-,19-,20+,24?,25+,26+,27-,28+/m0/s1. The van der Waals surface area contributed by atoms with Gasteiger partial charge in [-0.15, -0.1) is 0 Å². The van der Waals surface area contributed by atoms with Gasteiger partial charge in [0.25, 0.3) is 0 Å². The van der Waals surface area contributed by atoms with Crippen molar-refractivity contribution in [1.29, 1.82) is 0 Å². The summed E-state index contributed by atoms with van der Waals surface area (Å²) >= 11 is 0. The first-order valence-electron chi connectivity index (χ1n) is 14.2. The van der Waals surface area contributed by atoms with Crippen molar-refractivity contribution < 1.29 is 14.6 Å². The summed E-state index contributed by atoms with van der Waals surface area (Å²) < 4.78 is 5.62. The Morgan fingerprint density at radius 2 is 1.95 bits per heavy atom. The van der Waals surface area contributed by atoms with Crippen LogP contribution in [0.5, 0.6) is 0 Å². The van der Waals surface area contributed by atoms with Crippen LogP contribution in [0.25, 0.3) is 11.0 Å². The Labute approximate surface area is 218 Å². The van der Waals surface area contributed by atoms with Gasteiger partial charge in [-0.25, -0.2) is 0 Å². The summed E-state index contributed by atoms with van der Waals surface area (Å²) in [6, 6.07) is 1.81. The Morgan fingerprint density at radius 3 is 2.73 bits per heavy atom. The molecule has 4 aliphatic carbocycles. The average molecular weight is 511 g/mol. The van der Waals surface area contributed by atoms with E-state index in [0.717, 1.165) is 63.3 Å². The highest BCUT2D eigenvalue weighted by Crippen LogP contribution is 2.66. The number of hydrogen-bond acceptors (Lipinski definition) is 8. The van der Waals surface area contributed by atoms with Gasteiger partial charge in [0.1, 0.15) is 17.6 Å². The molecular formula is C28H42N6O3. The van der Waals surface area contributed by atoms with E-state index >= 15 is 0 Å². The van der Waals surface area contributed by atoms with Crippen LogP contribution in [-0.2, 0) is 16.1 Å². The van der Waals surface area contributed by atoms with Gasteiger partial charge in [0, 0.05) is 29.8 Å². The molecule has 2 heterocycles. The van der Waals surface area contributed by atoms with Crippen LogP contribution in [0, 0.1) is 29.1 Å². The molecule has 0 spiro atoms. The third-order valence-corrected chi connectivity index (χ3v) is 11.2. The van der Waals surface area contributed by atoms with Crippen LogP contribution < -0.4 is 11.5 Å². The molecule has 9 heteroatoms. The smallest absolute Gasteiger partial charge is 0.159 e. The van der Waals surface area contributed by atoms with Crippen LogP contribution in [-0.4, -0.2) is 60.8 Å². The molecule has 0 bridgehead atoms. The maximum absolute atomic E-state index is 13.7. The van der Waals surface area contributed by atoms with Crippen molar-refractivity contribution in [2.24, 2.45) is 40.6 Å². The van der Waals surface area contributed by atoms with Gasteiger partial charge in [-0.05, 0) is 93.9 Å². The molecule has 1 unspecified atom stereocenters. The predicted octanol–water partition coefficient (Wildman–Crippen LogP) is 2.59. The first-order chi connectivity index (χ1) is 17.6. The summed E-state index contributed by atoms with van der Waals surface area (Å²) in [6.45, 7) is 5.41. The summed E-state index contributed by atoms with van der Waals surface area (Å²) in [5.41, 5.74) is 14.4. The summed E-state index contributed by atoms with van der Waals surface area (Å²) in [7, 11) is 0.